The molecule has 2 aliphatic rings. The van der Waals surface area contributed by atoms with Gasteiger partial charge in [-0.25, -0.2) is 4.68 Å². The van der Waals surface area contributed by atoms with Crippen molar-refractivity contribution >= 4 is 17.6 Å². The quantitative estimate of drug-likeness (QED) is 0.863. The van der Waals surface area contributed by atoms with E-state index in [0.717, 1.165) is 48.6 Å². The van der Waals surface area contributed by atoms with Gasteiger partial charge < -0.3 is 4.90 Å². The van der Waals surface area contributed by atoms with Gasteiger partial charge in [0.05, 0.1) is 18.8 Å². The summed E-state index contributed by atoms with van der Waals surface area (Å²) in [7, 11) is 0. The third-order valence-corrected chi connectivity index (χ3v) is 4.93. The van der Waals surface area contributed by atoms with Gasteiger partial charge in [0.1, 0.15) is 5.82 Å². The topological polar surface area (TPSA) is 58.4 Å². The van der Waals surface area contributed by atoms with Crippen molar-refractivity contribution in [2.24, 2.45) is 0 Å². The van der Waals surface area contributed by atoms with Gasteiger partial charge in [0.25, 0.3) is 5.91 Å². The Morgan fingerprint density at radius 1 is 1.12 bits per heavy atom. The van der Waals surface area contributed by atoms with Crippen molar-refractivity contribution in [1.82, 2.24) is 14.7 Å². The summed E-state index contributed by atoms with van der Waals surface area (Å²) in [4.78, 5) is 28.4. The zero-order valence-electron chi connectivity index (χ0n) is 14.4. The van der Waals surface area contributed by atoms with Crippen LogP contribution in [0.4, 0.5) is 5.82 Å². The van der Waals surface area contributed by atoms with Crippen molar-refractivity contribution in [3.8, 4) is 0 Å². The molecular weight excluding hydrogens is 316 g/mol. The lowest BCUT2D eigenvalue weighted by Crippen LogP contribution is -2.36. The lowest BCUT2D eigenvalue weighted by atomic mass is 10.1. The Balaban J connectivity index is 1.51. The third kappa shape index (κ3) is 3.04. The maximum atomic E-state index is 12.4. The van der Waals surface area contributed by atoms with Gasteiger partial charge in [0, 0.05) is 31.1 Å². The molecule has 0 unspecified atom stereocenters. The van der Waals surface area contributed by atoms with Crippen LogP contribution in [0, 0.1) is 6.92 Å². The molecule has 1 saturated heterocycles. The highest BCUT2D eigenvalue weighted by molar-refractivity contribution is 5.95. The Labute approximate surface area is 147 Å². The summed E-state index contributed by atoms with van der Waals surface area (Å²) >= 11 is 0. The standard InChI is InChI=1S/C19H22N4O2/c1-14-12-17-22(18(24)8-11-23(17)20-14)13-15-4-6-16(7-5-15)19(25)21-9-2-3-10-21/h4-7,12H,2-3,8-11,13H2,1H3. The van der Waals surface area contributed by atoms with Crippen molar-refractivity contribution in [2.45, 2.75) is 39.3 Å². The number of rotatable bonds is 3. The Bertz CT molecular complexity index is 803. The van der Waals surface area contributed by atoms with Crippen molar-refractivity contribution in [1.29, 1.82) is 0 Å². The van der Waals surface area contributed by atoms with Crippen LogP contribution in [0.3, 0.4) is 0 Å². The van der Waals surface area contributed by atoms with Gasteiger partial charge in [0.2, 0.25) is 5.91 Å². The highest BCUT2D eigenvalue weighted by Crippen LogP contribution is 2.24. The first-order valence-electron chi connectivity index (χ1n) is 8.85. The highest BCUT2D eigenvalue weighted by Gasteiger charge is 2.26. The van der Waals surface area contributed by atoms with Gasteiger partial charge in [-0.2, -0.15) is 5.10 Å². The molecule has 130 valence electrons. The van der Waals surface area contributed by atoms with E-state index < -0.39 is 0 Å². The second-order valence-corrected chi connectivity index (χ2v) is 6.79. The summed E-state index contributed by atoms with van der Waals surface area (Å²) in [6.07, 6.45) is 2.65. The van der Waals surface area contributed by atoms with Crippen LogP contribution in [0.2, 0.25) is 0 Å². The smallest absolute Gasteiger partial charge is 0.253 e. The van der Waals surface area contributed by atoms with E-state index >= 15 is 0 Å². The molecule has 0 atom stereocenters. The van der Waals surface area contributed by atoms with Gasteiger partial charge in [-0.1, -0.05) is 12.1 Å². The monoisotopic (exact) mass is 338 g/mol. The Kier molecular flexibility index (Phi) is 4.03. The molecular formula is C19H22N4O2. The number of likely N-dealkylation sites (tertiary alicyclic amines) is 1. The van der Waals surface area contributed by atoms with E-state index in [9.17, 15) is 9.59 Å². The second kappa shape index (κ2) is 6.35. The zero-order valence-corrected chi connectivity index (χ0v) is 14.4. The minimum atomic E-state index is 0.104. The highest BCUT2D eigenvalue weighted by atomic mass is 16.2. The van der Waals surface area contributed by atoms with E-state index in [2.05, 4.69) is 5.10 Å². The van der Waals surface area contributed by atoms with Crippen LogP contribution < -0.4 is 4.90 Å². The maximum absolute atomic E-state index is 12.4. The molecule has 6 heteroatoms. The molecule has 0 aliphatic carbocycles. The summed E-state index contributed by atoms with van der Waals surface area (Å²) in [5.41, 5.74) is 2.65. The number of nitrogens with zero attached hydrogens (tertiary/aromatic N) is 4. The number of carbonyl (C=O) groups is 2. The Morgan fingerprint density at radius 2 is 1.84 bits per heavy atom. The fraction of sp³-hybridized carbons (Fsp3) is 0.421. The number of benzene rings is 1. The minimum Gasteiger partial charge on any atom is -0.339 e. The predicted molar refractivity (Wildman–Crippen MR) is 94.4 cm³/mol. The molecule has 1 aromatic heterocycles. The molecule has 2 amide bonds. The summed E-state index contributed by atoms with van der Waals surface area (Å²) in [6, 6.07) is 9.57. The van der Waals surface area contributed by atoms with Crippen molar-refractivity contribution in [2.75, 3.05) is 18.0 Å². The van der Waals surface area contributed by atoms with E-state index in [1.165, 1.54) is 0 Å². The number of carbonyl (C=O) groups excluding carboxylic acids is 2. The first kappa shape index (κ1) is 15.9. The average Bonchev–Trinajstić information content (AvgIpc) is 3.27. The molecule has 2 aliphatic heterocycles. The zero-order chi connectivity index (χ0) is 17.4. The summed E-state index contributed by atoms with van der Waals surface area (Å²) < 4.78 is 1.89. The molecule has 0 saturated carbocycles. The molecule has 1 aromatic carbocycles. The normalized spacial score (nSPS) is 17.1. The average molecular weight is 338 g/mol. The molecule has 0 radical (unpaired) electrons. The van der Waals surface area contributed by atoms with Crippen LogP contribution >= 0.6 is 0 Å². The largest absolute Gasteiger partial charge is 0.339 e. The molecule has 6 nitrogen and oxygen atoms in total. The Morgan fingerprint density at radius 3 is 2.56 bits per heavy atom. The van der Waals surface area contributed by atoms with Crippen molar-refractivity contribution in [3.05, 3.63) is 47.2 Å². The molecule has 25 heavy (non-hydrogen) atoms. The van der Waals surface area contributed by atoms with E-state index in [4.69, 9.17) is 0 Å². The first-order chi connectivity index (χ1) is 12.1. The van der Waals surface area contributed by atoms with Gasteiger partial charge in [0.15, 0.2) is 0 Å². The van der Waals surface area contributed by atoms with Crippen LogP contribution in [-0.2, 0) is 17.9 Å². The second-order valence-electron chi connectivity index (χ2n) is 6.79. The number of aromatic nitrogens is 2. The van der Waals surface area contributed by atoms with Crippen LogP contribution in [0.5, 0.6) is 0 Å². The lowest BCUT2D eigenvalue weighted by molar-refractivity contribution is -0.119. The molecule has 2 aromatic rings. The van der Waals surface area contributed by atoms with Crippen LogP contribution in [0.15, 0.2) is 30.3 Å². The van der Waals surface area contributed by atoms with Crippen LogP contribution in [0.25, 0.3) is 0 Å². The van der Waals surface area contributed by atoms with Crippen LogP contribution in [0.1, 0.15) is 40.9 Å². The molecule has 4 rings (SSSR count). The van der Waals surface area contributed by atoms with Crippen molar-refractivity contribution < 1.29 is 9.59 Å². The predicted octanol–water partition coefficient (Wildman–Crippen LogP) is 2.36. The molecule has 3 heterocycles. The molecule has 0 N–H and O–H groups in total. The maximum Gasteiger partial charge on any atom is 0.253 e. The van der Waals surface area contributed by atoms with E-state index in [1.807, 2.05) is 46.8 Å². The van der Waals surface area contributed by atoms with Gasteiger partial charge in [-0.05, 0) is 37.5 Å². The number of anilines is 1. The third-order valence-electron chi connectivity index (χ3n) is 4.93. The summed E-state index contributed by atoms with van der Waals surface area (Å²) in [5, 5.41) is 4.43. The molecule has 1 fully saturated rings. The summed E-state index contributed by atoms with van der Waals surface area (Å²) in [5.74, 6) is 1.07. The fourth-order valence-corrected chi connectivity index (χ4v) is 3.59. The minimum absolute atomic E-state index is 0.104. The first-order valence-corrected chi connectivity index (χ1v) is 8.85. The molecule has 0 bridgehead atoms. The van der Waals surface area contributed by atoms with Gasteiger partial charge in [-0.15, -0.1) is 0 Å². The number of fused-ring (bicyclic) bond motifs is 1. The van der Waals surface area contributed by atoms with E-state index in [-0.39, 0.29) is 11.8 Å². The van der Waals surface area contributed by atoms with Crippen LogP contribution in [-0.4, -0.2) is 39.6 Å². The number of amides is 2. The fourth-order valence-electron chi connectivity index (χ4n) is 3.59. The lowest BCUT2D eigenvalue weighted by Gasteiger charge is -2.27. The number of aryl methyl sites for hydroxylation is 2. The van der Waals surface area contributed by atoms with Gasteiger partial charge in [-0.3, -0.25) is 14.5 Å². The van der Waals surface area contributed by atoms with Crippen molar-refractivity contribution in [3.63, 3.8) is 0 Å². The number of hydrogen-bond acceptors (Lipinski definition) is 3. The number of hydrogen-bond donors (Lipinski definition) is 0. The summed E-state index contributed by atoms with van der Waals surface area (Å²) in [6.45, 7) is 4.79. The molecule has 0 spiro atoms. The Hall–Kier alpha value is -2.63. The van der Waals surface area contributed by atoms with E-state index in [0.29, 0.717) is 19.5 Å². The SMILES string of the molecule is Cc1cc2n(n1)CCC(=O)N2Cc1ccc(C(=O)N2CCCC2)cc1. The van der Waals surface area contributed by atoms with E-state index in [1.54, 1.807) is 4.90 Å². The van der Waals surface area contributed by atoms with Gasteiger partial charge >= 0.3 is 0 Å².